The van der Waals surface area contributed by atoms with Gasteiger partial charge in [-0.1, -0.05) is 25.7 Å². The fourth-order valence-corrected chi connectivity index (χ4v) is 8.00. The van der Waals surface area contributed by atoms with Crippen LogP contribution in [0.25, 0.3) is 10.9 Å². The van der Waals surface area contributed by atoms with Gasteiger partial charge in [-0.2, -0.15) is 4.98 Å². The molecule has 6 rings (SSSR count). The highest BCUT2D eigenvalue weighted by Gasteiger charge is 2.27. The second kappa shape index (κ2) is 16.0. The Hall–Kier alpha value is -2.36. The molecular weight excluding hydrogens is 562 g/mol. The molecule has 9 nitrogen and oxygen atoms in total. The number of nitrogens with zero attached hydrogens (tertiary/aromatic N) is 6. The highest BCUT2D eigenvalue weighted by Crippen LogP contribution is 2.36. The summed E-state index contributed by atoms with van der Waals surface area (Å²) >= 11 is 0. The first-order valence-electron chi connectivity index (χ1n) is 18.3. The van der Waals surface area contributed by atoms with Crippen LogP contribution in [-0.4, -0.2) is 115 Å². The zero-order valence-corrected chi connectivity index (χ0v) is 28.4. The Morgan fingerprint density at radius 2 is 1.58 bits per heavy atom. The quantitative estimate of drug-likeness (QED) is 0.303. The van der Waals surface area contributed by atoms with Crippen molar-refractivity contribution in [3.63, 3.8) is 0 Å². The smallest absolute Gasteiger partial charge is 0.227 e. The summed E-state index contributed by atoms with van der Waals surface area (Å²) in [7, 11) is 1.74. The minimum atomic E-state index is 0.397. The molecular formula is C36H59N7O2. The molecule has 4 aliphatic rings. The SMILES string of the molecule is COc1cc2c(NC3CCN(C(C)C)CC3)nc(N3CCCN(C4CCCCC4)CC3)nc2cc1OCCCN1CCCCC1. The normalized spacial score (nSPS) is 22.2. The zero-order chi connectivity index (χ0) is 31.0. The second-order valence-corrected chi connectivity index (χ2v) is 14.2. The molecule has 0 unspecified atom stereocenters. The molecule has 250 valence electrons. The van der Waals surface area contributed by atoms with E-state index in [1.165, 1.54) is 71.0 Å². The van der Waals surface area contributed by atoms with Crippen molar-refractivity contribution in [1.82, 2.24) is 24.7 Å². The molecule has 0 atom stereocenters. The number of hydrogen-bond donors (Lipinski definition) is 1. The molecule has 3 saturated heterocycles. The molecule has 9 heteroatoms. The fourth-order valence-electron chi connectivity index (χ4n) is 8.00. The largest absolute Gasteiger partial charge is 0.493 e. The first kappa shape index (κ1) is 32.6. The lowest BCUT2D eigenvalue weighted by atomic mass is 9.94. The van der Waals surface area contributed by atoms with Crippen molar-refractivity contribution >= 4 is 22.7 Å². The molecule has 1 aromatic carbocycles. The molecule has 45 heavy (non-hydrogen) atoms. The monoisotopic (exact) mass is 621 g/mol. The van der Waals surface area contributed by atoms with Gasteiger partial charge in [0.2, 0.25) is 5.95 Å². The number of aromatic nitrogens is 2. The van der Waals surface area contributed by atoms with Crippen LogP contribution in [0.15, 0.2) is 12.1 Å². The number of ether oxygens (including phenoxy) is 2. The molecule has 2 aromatic rings. The molecule has 1 N–H and O–H groups in total. The van der Waals surface area contributed by atoms with Crippen molar-refractivity contribution in [1.29, 1.82) is 0 Å². The Morgan fingerprint density at radius 1 is 0.800 bits per heavy atom. The first-order chi connectivity index (χ1) is 22.1. The molecule has 0 amide bonds. The summed E-state index contributed by atoms with van der Waals surface area (Å²) in [6, 6.07) is 5.94. The number of hydrogen-bond acceptors (Lipinski definition) is 9. The van der Waals surface area contributed by atoms with E-state index >= 15 is 0 Å². The van der Waals surface area contributed by atoms with E-state index in [4.69, 9.17) is 19.4 Å². The Bertz CT molecular complexity index is 1210. The third-order valence-electron chi connectivity index (χ3n) is 10.8. The van der Waals surface area contributed by atoms with Gasteiger partial charge in [-0.05, 0) is 84.4 Å². The van der Waals surface area contributed by atoms with Crippen LogP contribution in [0.3, 0.4) is 0 Å². The maximum absolute atomic E-state index is 6.38. The summed E-state index contributed by atoms with van der Waals surface area (Å²) in [4.78, 5) is 20.8. The lowest BCUT2D eigenvalue weighted by Gasteiger charge is -2.35. The van der Waals surface area contributed by atoms with Crippen LogP contribution in [0, 0.1) is 0 Å². The molecule has 1 aliphatic carbocycles. The number of methoxy groups -OCH3 is 1. The van der Waals surface area contributed by atoms with Crippen LogP contribution < -0.4 is 19.7 Å². The van der Waals surface area contributed by atoms with E-state index in [9.17, 15) is 0 Å². The predicted molar refractivity (Wildman–Crippen MR) is 185 cm³/mol. The van der Waals surface area contributed by atoms with E-state index < -0.39 is 0 Å². The van der Waals surface area contributed by atoms with E-state index in [2.05, 4.69) is 50.9 Å². The van der Waals surface area contributed by atoms with Gasteiger partial charge in [-0.3, -0.25) is 4.90 Å². The summed E-state index contributed by atoms with van der Waals surface area (Å²) in [6.07, 6.45) is 15.3. The number of benzene rings is 1. The topological polar surface area (TPSA) is 69.2 Å². The lowest BCUT2D eigenvalue weighted by Crippen LogP contribution is -2.42. The highest BCUT2D eigenvalue weighted by atomic mass is 16.5. The fraction of sp³-hybridized carbons (Fsp3) is 0.778. The van der Waals surface area contributed by atoms with Gasteiger partial charge in [0.25, 0.3) is 0 Å². The number of anilines is 2. The molecule has 0 bridgehead atoms. The van der Waals surface area contributed by atoms with Crippen LogP contribution in [0.5, 0.6) is 11.5 Å². The van der Waals surface area contributed by atoms with Crippen molar-refractivity contribution in [2.45, 2.75) is 109 Å². The Morgan fingerprint density at radius 3 is 2.33 bits per heavy atom. The maximum atomic E-state index is 6.38. The van der Waals surface area contributed by atoms with E-state index in [-0.39, 0.29) is 0 Å². The van der Waals surface area contributed by atoms with Crippen LogP contribution in [0.1, 0.15) is 90.9 Å². The molecule has 0 spiro atoms. The Kier molecular flexibility index (Phi) is 11.6. The Balaban J connectivity index is 1.22. The summed E-state index contributed by atoms with van der Waals surface area (Å²) in [6.45, 7) is 15.3. The van der Waals surface area contributed by atoms with E-state index in [0.29, 0.717) is 18.7 Å². The summed E-state index contributed by atoms with van der Waals surface area (Å²) in [5, 5.41) is 4.90. The van der Waals surface area contributed by atoms with Crippen LogP contribution in [0.2, 0.25) is 0 Å². The minimum Gasteiger partial charge on any atom is -0.493 e. The van der Waals surface area contributed by atoms with Crippen LogP contribution in [0.4, 0.5) is 11.8 Å². The number of rotatable bonds is 11. The maximum Gasteiger partial charge on any atom is 0.227 e. The summed E-state index contributed by atoms with van der Waals surface area (Å²) in [5.41, 5.74) is 0.933. The van der Waals surface area contributed by atoms with Gasteiger partial charge in [0, 0.05) is 75.4 Å². The number of likely N-dealkylation sites (tertiary alicyclic amines) is 2. The van der Waals surface area contributed by atoms with Crippen molar-refractivity contribution in [3.05, 3.63) is 12.1 Å². The van der Waals surface area contributed by atoms with Gasteiger partial charge in [0.1, 0.15) is 5.82 Å². The molecule has 3 aliphatic heterocycles. The second-order valence-electron chi connectivity index (χ2n) is 14.2. The molecule has 4 heterocycles. The van der Waals surface area contributed by atoms with Gasteiger partial charge < -0.3 is 29.5 Å². The lowest BCUT2D eigenvalue weighted by molar-refractivity contribution is 0.166. The zero-order valence-electron chi connectivity index (χ0n) is 28.4. The van der Waals surface area contributed by atoms with Gasteiger partial charge in [-0.25, -0.2) is 4.98 Å². The van der Waals surface area contributed by atoms with Gasteiger partial charge in [0.05, 0.1) is 19.2 Å². The third-order valence-corrected chi connectivity index (χ3v) is 10.8. The average molecular weight is 622 g/mol. The van der Waals surface area contributed by atoms with Crippen molar-refractivity contribution in [2.75, 3.05) is 82.8 Å². The average Bonchev–Trinajstić information content (AvgIpc) is 3.34. The number of piperidine rings is 2. The predicted octanol–water partition coefficient (Wildman–Crippen LogP) is 6.02. The number of nitrogens with one attached hydrogen (secondary N) is 1. The third kappa shape index (κ3) is 8.52. The van der Waals surface area contributed by atoms with Crippen LogP contribution >= 0.6 is 0 Å². The Labute approximate surface area is 272 Å². The summed E-state index contributed by atoms with van der Waals surface area (Å²) < 4.78 is 12.3. The van der Waals surface area contributed by atoms with E-state index in [1.807, 2.05) is 0 Å². The van der Waals surface area contributed by atoms with Crippen molar-refractivity contribution < 1.29 is 9.47 Å². The molecule has 0 radical (unpaired) electrons. The van der Waals surface area contributed by atoms with Gasteiger partial charge in [-0.15, -0.1) is 0 Å². The molecule has 4 fully saturated rings. The van der Waals surface area contributed by atoms with Crippen molar-refractivity contribution in [3.8, 4) is 11.5 Å². The van der Waals surface area contributed by atoms with E-state index in [1.54, 1.807) is 7.11 Å². The first-order valence-corrected chi connectivity index (χ1v) is 18.3. The minimum absolute atomic E-state index is 0.397. The molecule has 1 aromatic heterocycles. The van der Waals surface area contributed by atoms with Crippen LogP contribution in [-0.2, 0) is 0 Å². The molecule has 1 saturated carbocycles. The van der Waals surface area contributed by atoms with E-state index in [0.717, 1.165) is 105 Å². The van der Waals surface area contributed by atoms with Crippen molar-refractivity contribution in [2.24, 2.45) is 0 Å². The summed E-state index contributed by atoms with van der Waals surface area (Å²) in [5.74, 6) is 3.31. The number of fused-ring (bicyclic) bond motifs is 1. The van der Waals surface area contributed by atoms with Gasteiger partial charge in [0.15, 0.2) is 11.5 Å². The highest BCUT2D eigenvalue weighted by molar-refractivity contribution is 5.93. The standard InChI is InChI=1S/C36H59N7O2/c1-28(2)41-21-14-29(15-22-41)37-35-31-26-33(44-3)34(45-25-11-18-40-16-8-5-9-17-40)27-32(31)38-36(39-35)43-20-10-19-42(23-24-43)30-12-6-4-7-13-30/h26-30H,4-25H2,1-3H3,(H,37,38,39). The van der Waals surface area contributed by atoms with Gasteiger partial charge >= 0.3 is 0 Å².